The molecule has 18 heavy (non-hydrogen) atoms. The molecule has 0 amide bonds. The molecule has 0 aliphatic rings. The highest BCUT2D eigenvalue weighted by molar-refractivity contribution is 5.44. The van der Waals surface area contributed by atoms with E-state index in [0.29, 0.717) is 5.82 Å². The van der Waals surface area contributed by atoms with Gasteiger partial charge in [0.1, 0.15) is 0 Å². The van der Waals surface area contributed by atoms with Crippen LogP contribution in [0.5, 0.6) is 0 Å². The summed E-state index contributed by atoms with van der Waals surface area (Å²) in [6.07, 6.45) is 1.03. The highest BCUT2D eigenvalue weighted by atomic mass is 15.4. The molecule has 4 heteroatoms. The molecule has 0 radical (unpaired) electrons. The number of benzene rings is 1. The first-order valence-electron chi connectivity index (χ1n) is 6.24. The number of rotatable bonds is 2. The molecule has 0 aliphatic heterocycles. The number of nitrogen functional groups attached to an aromatic ring is 1. The summed E-state index contributed by atoms with van der Waals surface area (Å²) in [5, 5.41) is 8.14. The van der Waals surface area contributed by atoms with E-state index in [4.69, 9.17) is 5.73 Å². The first-order valence-corrected chi connectivity index (χ1v) is 6.24. The quantitative estimate of drug-likeness (QED) is 0.883. The maximum atomic E-state index is 5.93. The lowest BCUT2D eigenvalue weighted by Crippen LogP contribution is -2.19. The molecule has 2 rings (SSSR count). The van der Waals surface area contributed by atoms with Crippen LogP contribution in [0.25, 0.3) is 5.69 Å². The molecule has 1 aromatic heterocycles. The number of nitrogens with two attached hydrogens (primary N) is 1. The first kappa shape index (κ1) is 12.6. The van der Waals surface area contributed by atoms with Crippen molar-refractivity contribution in [2.75, 3.05) is 5.73 Å². The minimum atomic E-state index is -0.0863. The van der Waals surface area contributed by atoms with Gasteiger partial charge in [0.25, 0.3) is 0 Å². The predicted molar refractivity (Wildman–Crippen MR) is 73.8 cm³/mol. The zero-order valence-corrected chi connectivity index (χ0v) is 11.4. The molecule has 0 aliphatic carbocycles. The summed E-state index contributed by atoms with van der Waals surface area (Å²) >= 11 is 0. The van der Waals surface area contributed by atoms with Crippen LogP contribution in [0, 0.1) is 0 Å². The van der Waals surface area contributed by atoms with Crippen LogP contribution < -0.4 is 5.73 Å². The Morgan fingerprint density at radius 3 is 2.28 bits per heavy atom. The maximum absolute atomic E-state index is 5.93. The third-order valence-electron chi connectivity index (χ3n) is 3.00. The van der Waals surface area contributed by atoms with Crippen molar-refractivity contribution in [3.63, 3.8) is 0 Å². The van der Waals surface area contributed by atoms with Gasteiger partial charge >= 0.3 is 0 Å². The van der Waals surface area contributed by atoms with Crippen molar-refractivity contribution in [3.05, 3.63) is 35.5 Å². The van der Waals surface area contributed by atoms with Gasteiger partial charge in [0, 0.05) is 5.41 Å². The van der Waals surface area contributed by atoms with Gasteiger partial charge in [-0.05, 0) is 24.1 Å². The fourth-order valence-electron chi connectivity index (χ4n) is 2.05. The van der Waals surface area contributed by atoms with Crippen molar-refractivity contribution in [3.8, 4) is 5.69 Å². The summed E-state index contributed by atoms with van der Waals surface area (Å²) in [5.74, 6) is 0.502. The zero-order chi connectivity index (χ0) is 13.3. The van der Waals surface area contributed by atoms with E-state index in [9.17, 15) is 0 Å². The van der Waals surface area contributed by atoms with Crippen molar-refractivity contribution in [1.82, 2.24) is 15.0 Å². The molecule has 0 unspecified atom stereocenters. The Kier molecular flexibility index (Phi) is 3.11. The number of aryl methyl sites for hydroxylation is 1. The second-order valence-corrected chi connectivity index (χ2v) is 5.51. The number of anilines is 1. The van der Waals surface area contributed by atoms with Crippen LogP contribution in [0.1, 0.15) is 39.0 Å². The molecule has 0 saturated heterocycles. The maximum Gasteiger partial charge on any atom is 0.170 e. The van der Waals surface area contributed by atoms with Gasteiger partial charge in [0.05, 0.1) is 11.4 Å². The minimum Gasteiger partial charge on any atom is -0.381 e. The fourth-order valence-corrected chi connectivity index (χ4v) is 2.05. The number of aromatic nitrogens is 3. The van der Waals surface area contributed by atoms with E-state index >= 15 is 0 Å². The fraction of sp³-hybridized carbons (Fsp3) is 0.429. The van der Waals surface area contributed by atoms with Gasteiger partial charge in [0.2, 0.25) is 0 Å². The molecule has 96 valence electrons. The Morgan fingerprint density at radius 2 is 1.78 bits per heavy atom. The van der Waals surface area contributed by atoms with Crippen LogP contribution in [0.2, 0.25) is 0 Å². The normalized spacial score (nSPS) is 11.8. The molecule has 0 bridgehead atoms. The first-order chi connectivity index (χ1) is 8.43. The lowest BCUT2D eigenvalue weighted by atomic mass is 9.91. The summed E-state index contributed by atoms with van der Waals surface area (Å²) in [6.45, 7) is 8.47. The molecule has 0 fully saturated rings. The number of hydrogen-bond acceptors (Lipinski definition) is 3. The number of hydrogen-bond donors (Lipinski definition) is 1. The average molecular weight is 244 g/mol. The van der Waals surface area contributed by atoms with Crippen molar-refractivity contribution >= 4 is 5.82 Å². The molecule has 2 N–H and O–H groups in total. The van der Waals surface area contributed by atoms with Crippen LogP contribution in [-0.2, 0) is 11.8 Å². The van der Waals surface area contributed by atoms with Gasteiger partial charge in [-0.15, -0.1) is 5.10 Å². The Bertz CT molecular complexity index is 532. The van der Waals surface area contributed by atoms with Gasteiger partial charge in [-0.25, -0.2) is 4.68 Å². The van der Waals surface area contributed by atoms with E-state index in [-0.39, 0.29) is 5.41 Å². The van der Waals surface area contributed by atoms with E-state index in [0.717, 1.165) is 17.8 Å². The van der Waals surface area contributed by atoms with E-state index in [1.165, 1.54) is 5.56 Å². The standard InChI is InChI=1S/C14H20N4/c1-5-10-6-8-11(9-7-10)18-12(14(2,3)4)13(15)16-17-18/h6-9H,5,15H2,1-4H3. The molecular formula is C14H20N4. The molecule has 1 heterocycles. The van der Waals surface area contributed by atoms with E-state index in [2.05, 4.69) is 62.3 Å². The lowest BCUT2D eigenvalue weighted by molar-refractivity contribution is 0.544. The Morgan fingerprint density at radius 1 is 1.17 bits per heavy atom. The van der Waals surface area contributed by atoms with Crippen LogP contribution >= 0.6 is 0 Å². The van der Waals surface area contributed by atoms with Crippen LogP contribution in [0.3, 0.4) is 0 Å². The van der Waals surface area contributed by atoms with Crippen molar-refractivity contribution in [2.24, 2.45) is 0 Å². The predicted octanol–water partition coefficient (Wildman–Crippen LogP) is 2.71. The molecule has 1 aromatic carbocycles. The van der Waals surface area contributed by atoms with Crippen LogP contribution in [-0.4, -0.2) is 15.0 Å². The molecule has 0 atom stereocenters. The third-order valence-corrected chi connectivity index (χ3v) is 3.00. The number of nitrogens with zero attached hydrogens (tertiary/aromatic N) is 3. The van der Waals surface area contributed by atoms with Crippen molar-refractivity contribution in [2.45, 2.75) is 39.5 Å². The summed E-state index contributed by atoms with van der Waals surface area (Å²) < 4.78 is 1.83. The molecular weight excluding hydrogens is 224 g/mol. The SMILES string of the molecule is CCc1ccc(-n2nnc(N)c2C(C)(C)C)cc1. The summed E-state index contributed by atoms with van der Waals surface area (Å²) in [7, 11) is 0. The van der Waals surface area contributed by atoms with Crippen LogP contribution in [0.4, 0.5) is 5.82 Å². The summed E-state index contributed by atoms with van der Waals surface area (Å²) in [4.78, 5) is 0. The smallest absolute Gasteiger partial charge is 0.170 e. The van der Waals surface area contributed by atoms with E-state index in [1.54, 1.807) is 0 Å². The topological polar surface area (TPSA) is 56.7 Å². The van der Waals surface area contributed by atoms with E-state index in [1.807, 2.05) is 4.68 Å². The molecule has 0 spiro atoms. The molecule has 0 saturated carbocycles. The summed E-state index contributed by atoms with van der Waals surface area (Å²) in [5.41, 5.74) is 9.10. The average Bonchev–Trinajstić information content (AvgIpc) is 2.71. The minimum absolute atomic E-state index is 0.0863. The monoisotopic (exact) mass is 244 g/mol. The highest BCUT2D eigenvalue weighted by Crippen LogP contribution is 2.28. The highest BCUT2D eigenvalue weighted by Gasteiger charge is 2.24. The van der Waals surface area contributed by atoms with Gasteiger partial charge in [0.15, 0.2) is 5.82 Å². The van der Waals surface area contributed by atoms with Gasteiger partial charge in [-0.2, -0.15) is 0 Å². The Balaban J connectivity index is 2.51. The van der Waals surface area contributed by atoms with E-state index < -0.39 is 0 Å². The zero-order valence-electron chi connectivity index (χ0n) is 11.4. The second-order valence-electron chi connectivity index (χ2n) is 5.51. The third kappa shape index (κ3) is 2.23. The lowest BCUT2D eigenvalue weighted by Gasteiger charge is -2.20. The van der Waals surface area contributed by atoms with Gasteiger partial charge in [-0.1, -0.05) is 45.0 Å². The van der Waals surface area contributed by atoms with Gasteiger partial charge < -0.3 is 5.73 Å². The Hall–Kier alpha value is -1.84. The van der Waals surface area contributed by atoms with Crippen molar-refractivity contribution < 1.29 is 0 Å². The molecule has 4 nitrogen and oxygen atoms in total. The molecule has 2 aromatic rings. The summed E-state index contributed by atoms with van der Waals surface area (Å²) in [6, 6.07) is 8.34. The largest absolute Gasteiger partial charge is 0.381 e. The van der Waals surface area contributed by atoms with Gasteiger partial charge in [-0.3, -0.25) is 0 Å². The van der Waals surface area contributed by atoms with Crippen LogP contribution in [0.15, 0.2) is 24.3 Å². The van der Waals surface area contributed by atoms with Crippen molar-refractivity contribution in [1.29, 1.82) is 0 Å². The Labute approximate surface area is 108 Å². The second kappa shape index (κ2) is 4.44.